The summed E-state index contributed by atoms with van der Waals surface area (Å²) in [7, 11) is 0. The van der Waals surface area contributed by atoms with Gasteiger partial charge in [-0.05, 0) is 42.1 Å². The zero-order valence-electron chi connectivity index (χ0n) is 34.7. The second kappa shape index (κ2) is 22.2. The highest BCUT2D eigenvalue weighted by molar-refractivity contribution is 5.98. The van der Waals surface area contributed by atoms with Crippen LogP contribution in [0, 0.1) is 29.6 Å². The zero-order chi connectivity index (χ0) is 41.6. The quantitative estimate of drug-likeness (QED) is 0.179. The molecule has 1 aromatic rings. The fourth-order valence-corrected chi connectivity index (χ4v) is 6.29. The topological polar surface area (TPSA) is 204 Å². The third-order valence-corrected chi connectivity index (χ3v) is 11.1. The van der Waals surface area contributed by atoms with Crippen molar-refractivity contribution < 1.29 is 33.6 Å². The molecule has 55 heavy (non-hydrogen) atoms. The average Bonchev–Trinajstić information content (AvgIpc) is 3.16. The molecule has 11 atom stereocenters. The Morgan fingerprint density at radius 1 is 0.436 bits per heavy atom. The second-order valence-corrected chi connectivity index (χ2v) is 15.7. The number of nitrogens with one attached hydrogen (secondary N) is 7. The van der Waals surface area contributed by atoms with Crippen LogP contribution in [-0.2, 0) is 40.0 Å². The highest BCUT2D eigenvalue weighted by atomic mass is 16.2. The number of carbonyl (C=O) groups excluding carboxylic acids is 7. The number of hydrogen-bond acceptors (Lipinski definition) is 7. The lowest BCUT2D eigenvalue weighted by Gasteiger charge is -2.32. The summed E-state index contributed by atoms with van der Waals surface area (Å²) in [5, 5.41) is 19.7. The normalized spacial score (nSPS) is 27.8. The van der Waals surface area contributed by atoms with E-state index in [0.717, 1.165) is 5.56 Å². The smallest absolute Gasteiger partial charge is 0.243 e. The van der Waals surface area contributed by atoms with Crippen LogP contribution >= 0.6 is 0 Å². The minimum absolute atomic E-state index is 0.0902. The van der Waals surface area contributed by atoms with Gasteiger partial charge in [-0.3, -0.25) is 33.6 Å². The van der Waals surface area contributed by atoms with Gasteiger partial charge in [0.1, 0.15) is 42.3 Å². The number of amides is 7. The van der Waals surface area contributed by atoms with Gasteiger partial charge in [-0.15, -0.1) is 0 Å². The Morgan fingerprint density at radius 2 is 0.764 bits per heavy atom. The molecule has 1 heterocycles. The van der Waals surface area contributed by atoms with E-state index in [4.69, 9.17) is 0 Å². The summed E-state index contributed by atoms with van der Waals surface area (Å²) in [5.74, 6) is -6.06. The first-order valence-electron chi connectivity index (χ1n) is 20.1. The zero-order valence-corrected chi connectivity index (χ0v) is 34.7. The van der Waals surface area contributed by atoms with Crippen molar-refractivity contribution in [1.82, 2.24) is 37.2 Å². The van der Waals surface area contributed by atoms with Gasteiger partial charge in [-0.1, -0.05) is 125 Å². The Hall–Kier alpha value is -4.49. The van der Waals surface area contributed by atoms with Crippen LogP contribution in [0.4, 0.5) is 0 Å². The molecule has 0 aliphatic carbocycles. The lowest BCUT2D eigenvalue weighted by Crippen LogP contribution is -2.62. The van der Waals surface area contributed by atoms with Crippen LogP contribution in [0.15, 0.2) is 30.3 Å². The molecule has 1 saturated heterocycles. The monoisotopic (exact) mass is 770 g/mol. The predicted octanol–water partition coefficient (Wildman–Crippen LogP) is 2.50. The highest BCUT2D eigenvalue weighted by Crippen LogP contribution is 2.16. The SMILES string of the molecule is CCC(C)C1NC(=O)C(C)NC(=O)C(C(C)CC)NC(=O)C(Cc2ccccc2)NC(=O)C(C(C)CC)NC(=O)C(C(C)C)NC(=O)C(C(C)CC)NC1=O. The summed E-state index contributed by atoms with van der Waals surface area (Å²) in [4.78, 5) is 97.6. The second-order valence-electron chi connectivity index (χ2n) is 15.7. The van der Waals surface area contributed by atoms with Gasteiger partial charge in [0.15, 0.2) is 0 Å². The van der Waals surface area contributed by atoms with Crippen LogP contribution in [0.3, 0.4) is 0 Å². The summed E-state index contributed by atoms with van der Waals surface area (Å²) in [6.07, 6.45) is 2.14. The number of rotatable bonds is 11. The molecule has 0 aromatic heterocycles. The molecule has 2 rings (SSSR count). The van der Waals surface area contributed by atoms with E-state index in [1.807, 2.05) is 71.9 Å². The van der Waals surface area contributed by atoms with E-state index < -0.39 is 89.6 Å². The van der Waals surface area contributed by atoms with Crippen molar-refractivity contribution in [2.75, 3.05) is 0 Å². The number of benzene rings is 1. The molecule has 0 saturated carbocycles. The van der Waals surface area contributed by atoms with Crippen molar-refractivity contribution >= 4 is 41.4 Å². The molecule has 0 spiro atoms. The van der Waals surface area contributed by atoms with Gasteiger partial charge in [0.2, 0.25) is 41.4 Å². The Kier molecular flexibility index (Phi) is 18.8. The molecule has 1 aliphatic rings. The van der Waals surface area contributed by atoms with Gasteiger partial charge >= 0.3 is 0 Å². The molecule has 7 N–H and O–H groups in total. The largest absolute Gasteiger partial charge is 0.343 e. The maximum Gasteiger partial charge on any atom is 0.243 e. The van der Waals surface area contributed by atoms with E-state index in [9.17, 15) is 33.6 Å². The molecule has 7 amide bonds. The van der Waals surface area contributed by atoms with E-state index in [0.29, 0.717) is 25.7 Å². The molecule has 1 fully saturated rings. The predicted molar refractivity (Wildman–Crippen MR) is 212 cm³/mol. The Balaban J connectivity index is 2.74. The van der Waals surface area contributed by atoms with Crippen molar-refractivity contribution in [2.24, 2.45) is 29.6 Å². The number of carbonyl (C=O) groups is 7. The molecule has 308 valence electrons. The van der Waals surface area contributed by atoms with Gasteiger partial charge in [-0.25, -0.2) is 0 Å². The Labute approximate surface area is 327 Å². The maximum atomic E-state index is 14.1. The molecule has 11 unspecified atom stereocenters. The summed E-state index contributed by atoms with van der Waals surface area (Å²) < 4.78 is 0. The Bertz CT molecular complexity index is 1470. The highest BCUT2D eigenvalue weighted by Gasteiger charge is 2.38. The molecule has 1 aliphatic heterocycles. The fourth-order valence-electron chi connectivity index (χ4n) is 6.29. The summed E-state index contributed by atoms with van der Waals surface area (Å²) in [6.45, 7) is 19.7. The van der Waals surface area contributed by atoms with E-state index in [2.05, 4.69) is 37.2 Å². The molecular formula is C41H67N7O7. The van der Waals surface area contributed by atoms with Crippen molar-refractivity contribution in [2.45, 2.75) is 151 Å². The van der Waals surface area contributed by atoms with Gasteiger partial charge in [0.25, 0.3) is 0 Å². The summed E-state index contributed by atoms with van der Waals surface area (Å²) in [5.41, 5.74) is 0.755. The fraction of sp³-hybridized carbons (Fsp3) is 0.683. The summed E-state index contributed by atoms with van der Waals surface area (Å²) >= 11 is 0. The lowest BCUT2D eigenvalue weighted by molar-refractivity contribution is -0.137. The minimum atomic E-state index is -1.14. The first kappa shape index (κ1) is 46.7. The van der Waals surface area contributed by atoms with E-state index in [1.54, 1.807) is 27.7 Å². The third kappa shape index (κ3) is 13.3. The van der Waals surface area contributed by atoms with Crippen LogP contribution in [0.2, 0.25) is 0 Å². The molecule has 14 nitrogen and oxygen atoms in total. The first-order valence-corrected chi connectivity index (χ1v) is 20.1. The average molecular weight is 770 g/mol. The van der Waals surface area contributed by atoms with Crippen LogP contribution in [0.1, 0.15) is 107 Å². The third-order valence-electron chi connectivity index (χ3n) is 11.1. The van der Waals surface area contributed by atoms with Crippen LogP contribution in [0.25, 0.3) is 0 Å². The van der Waals surface area contributed by atoms with E-state index in [1.165, 1.54) is 6.92 Å². The van der Waals surface area contributed by atoms with Crippen molar-refractivity contribution in [3.8, 4) is 0 Å². The molecule has 1 aromatic carbocycles. The molecule has 0 bridgehead atoms. The lowest BCUT2D eigenvalue weighted by atomic mass is 9.93. The molecular weight excluding hydrogens is 702 g/mol. The van der Waals surface area contributed by atoms with Crippen LogP contribution < -0.4 is 37.2 Å². The van der Waals surface area contributed by atoms with Crippen molar-refractivity contribution in [1.29, 1.82) is 0 Å². The summed E-state index contributed by atoms with van der Waals surface area (Å²) in [6, 6.07) is 1.53. The molecule has 14 heteroatoms. The molecule has 0 radical (unpaired) electrons. The van der Waals surface area contributed by atoms with Gasteiger partial charge < -0.3 is 37.2 Å². The van der Waals surface area contributed by atoms with Gasteiger partial charge in [0, 0.05) is 6.42 Å². The van der Waals surface area contributed by atoms with Gasteiger partial charge in [-0.2, -0.15) is 0 Å². The van der Waals surface area contributed by atoms with E-state index >= 15 is 0 Å². The minimum Gasteiger partial charge on any atom is -0.343 e. The Morgan fingerprint density at radius 3 is 1.16 bits per heavy atom. The first-order chi connectivity index (χ1) is 25.9. The van der Waals surface area contributed by atoms with Crippen molar-refractivity contribution in [3.63, 3.8) is 0 Å². The van der Waals surface area contributed by atoms with Crippen LogP contribution in [0.5, 0.6) is 0 Å². The maximum absolute atomic E-state index is 14.1. The van der Waals surface area contributed by atoms with Gasteiger partial charge in [0.05, 0.1) is 0 Å². The number of hydrogen-bond donors (Lipinski definition) is 7. The van der Waals surface area contributed by atoms with Crippen molar-refractivity contribution in [3.05, 3.63) is 35.9 Å². The standard InChI is InChI=1S/C41H67N7O7/c1-12-23(7)31-38(52)42-27(11)35(49)45-33(25(9)14-3)41(55)48-34(26(10)15-4)40(54)44-30(22(5)6)37(51)47-32(24(8)13-2)39(53)43-29(36(50)46-31)21-28-19-17-16-18-20-28/h16-20,22-27,29-34H,12-15,21H2,1-11H3,(H,42,52)(H,43,53)(H,44,54)(H,45,49)(H,46,50)(H,47,51)(H,48,55). The van der Waals surface area contributed by atoms with E-state index in [-0.39, 0.29) is 30.1 Å². The van der Waals surface area contributed by atoms with Crippen LogP contribution in [-0.4, -0.2) is 83.6 Å².